The minimum atomic E-state index is -4.47. The summed E-state index contributed by atoms with van der Waals surface area (Å²) in [6, 6.07) is 25.4. The largest absolute Gasteiger partial charge is 0.295 e. The van der Waals surface area contributed by atoms with Crippen molar-refractivity contribution in [3.05, 3.63) is 109 Å². The number of hydrogen-bond donors (Lipinski definition) is 4. The Morgan fingerprint density at radius 1 is 0.419 bits per heavy atom. The van der Waals surface area contributed by atoms with Crippen LogP contribution in [0.5, 0.6) is 0 Å². The molecule has 0 atom stereocenters. The molecule has 43 heavy (non-hydrogen) atoms. The Hall–Kier alpha value is -3.74. The highest BCUT2D eigenvalue weighted by molar-refractivity contribution is 7.86. The van der Waals surface area contributed by atoms with Crippen molar-refractivity contribution in [2.75, 3.05) is 0 Å². The maximum absolute atomic E-state index is 11.2. The van der Waals surface area contributed by atoms with Crippen molar-refractivity contribution in [1.29, 1.82) is 0 Å². The third kappa shape index (κ3) is 9.12. The lowest BCUT2D eigenvalue weighted by Crippen LogP contribution is -2.02. The van der Waals surface area contributed by atoms with Crippen molar-refractivity contribution in [2.45, 2.75) is 26.5 Å². The molecule has 4 N–H and O–H groups in total. The van der Waals surface area contributed by atoms with Crippen LogP contribution in [0.15, 0.2) is 123 Å². The molecule has 0 radical (unpaired) electrons. The van der Waals surface area contributed by atoms with Gasteiger partial charge in [0, 0.05) is 10.8 Å². The van der Waals surface area contributed by atoms with Crippen LogP contribution in [-0.2, 0) is 40.5 Å². The van der Waals surface area contributed by atoms with Gasteiger partial charge < -0.3 is 0 Å². The summed E-state index contributed by atoms with van der Waals surface area (Å²) >= 11 is 0. The summed E-state index contributed by atoms with van der Waals surface area (Å²) < 4.78 is 123. The maximum Gasteiger partial charge on any atom is 0.295 e. The van der Waals surface area contributed by atoms with Crippen LogP contribution >= 0.6 is 0 Å². The van der Waals surface area contributed by atoms with E-state index in [-0.39, 0.29) is 20.6 Å². The normalized spacial score (nSPS) is 12.1. The van der Waals surface area contributed by atoms with Crippen molar-refractivity contribution in [3.63, 3.8) is 0 Å². The molecule has 0 bridgehead atoms. The number of benzene rings is 5. The molecular formula is C27H24O12S4. The molecule has 0 spiro atoms. The summed E-state index contributed by atoms with van der Waals surface area (Å²) in [5, 5.41) is 1.78. The van der Waals surface area contributed by atoms with E-state index in [2.05, 4.69) is 0 Å². The van der Waals surface area contributed by atoms with Gasteiger partial charge >= 0.3 is 0 Å². The first kappa shape index (κ1) is 33.8. The van der Waals surface area contributed by atoms with Crippen molar-refractivity contribution in [3.8, 4) is 0 Å². The van der Waals surface area contributed by atoms with E-state index >= 15 is 0 Å². The van der Waals surface area contributed by atoms with Gasteiger partial charge in [0.1, 0.15) is 9.79 Å². The third-order valence-corrected chi connectivity index (χ3v) is 9.28. The zero-order valence-corrected chi connectivity index (χ0v) is 25.3. The minimum Gasteiger partial charge on any atom is -0.282 e. The predicted octanol–water partition coefficient (Wildman–Crippen LogP) is 4.66. The summed E-state index contributed by atoms with van der Waals surface area (Å²) in [4.78, 5) is -0.963. The van der Waals surface area contributed by atoms with E-state index in [0.717, 1.165) is 28.5 Å². The molecule has 0 aliphatic rings. The Kier molecular flexibility index (Phi) is 10.1. The van der Waals surface area contributed by atoms with Crippen LogP contribution < -0.4 is 0 Å². The Labute approximate surface area is 248 Å². The number of hydrogen-bond acceptors (Lipinski definition) is 8. The molecule has 228 valence electrons. The molecule has 0 fully saturated rings. The summed E-state index contributed by atoms with van der Waals surface area (Å²) in [6.45, 7) is 1.84. The molecular weight excluding hydrogens is 645 g/mol. The molecule has 0 unspecified atom stereocenters. The van der Waals surface area contributed by atoms with E-state index in [4.69, 9.17) is 18.2 Å². The van der Waals surface area contributed by atoms with E-state index in [1.165, 1.54) is 48.5 Å². The highest BCUT2D eigenvalue weighted by Crippen LogP contribution is 2.28. The molecule has 0 heterocycles. The zero-order chi connectivity index (χ0) is 32.2. The van der Waals surface area contributed by atoms with Gasteiger partial charge in [-0.2, -0.15) is 33.7 Å². The Morgan fingerprint density at radius 3 is 1.26 bits per heavy atom. The van der Waals surface area contributed by atoms with Crippen LogP contribution in [0, 0.1) is 6.92 Å². The average Bonchev–Trinajstić information content (AvgIpc) is 2.91. The summed E-state index contributed by atoms with van der Waals surface area (Å²) in [6.07, 6.45) is 0. The second-order valence-corrected chi connectivity index (χ2v) is 14.5. The fourth-order valence-corrected chi connectivity index (χ4v) is 6.15. The molecule has 0 aromatic heterocycles. The van der Waals surface area contributed by atoms with Crippen LogP contribution in [0.2, 0.25) is 0 Å². The van der Waals surface area contributed by atoms with Gasteiger partial charge in [-0.3, -0.25) is 18.2 Å². The van der Waals surface area contributed by atoms with Crippen LogP contribution in [0.3, 0.4) is 0 Å². The summed E-state index contributed by atoms with van der Waals surface area (Å²) in [5.74, 6) is 0. The Morgan fingerprint density at radius 2 is 0.837 bits per heavy atom. The van der Waals surface area contributed by atoms with E-state index in [1.807, 2.05) is 25.1 Å². The fraction of sp³-hybridized carbons (Fsp3) is 0.0370. The van der Waals surface area contributed by atoms with E-state index < -0.39 is 50.3 Å². The molecule has 5 rings (SSSR count). The number of rotatable bonds is 4. The van der Waals surface area contributed by atoms with Crippen molar-refractivity contribution < 1.29 is 51.9 Å². The molecule has 5 aromatic rings. The molecule has 0 amide bonds. The minimum absolute atomic E-state index is 0.0233. The lowest BCUT2D eigenvalue weighted by molar-refractivity contribution is 0.481. The zero-order valence-electron chi connectivity index (χ0n) is 22.0. The molecule has 0 saturated heterocycles. The monoisotopic (exact) mass is 668 g/mol. The van der Waals surface area contributed by atoms with Crippen molar-refractivity contribution in [2.24, 2.45) is 0 Å². The topological polar surface area (TPSA) is 217 Å². The van der Waals surface area contributed by atoms with Crippen LogP contribution in [0.25, 0.3) is 21.5 Å². The lowest BCUT2D eigenvalue weighted by atomic mass is 10.1. The van der Waals surface area contributed by atoms with Gasteiger partial charge in [0.05, 0.1) is 9.79 Å². The van der Waals surface area contributed by atoms with Crippen molar-refractivity contribution in [1.82, 2.24) is 0 Å². The van der Waals surface area contributed by atoms with Gasteiger partial charge in [-0.1, -0.05) is 72.3 Å². The first-order valence-corrected chi connectivity index (χ1v) is 17.5. The second kappa shape index (κ2) is 12.9. The fourth-order valence-electron chi connectivity index (χ4n) is 3.74. The standard InChI is InChI=1S/C10H8O6S2.C10H8O3S.C7H8O3S/c11-17(12,13)9-5-1-3-7-8(9)4-2-6-10(7)18(14,15)16;11-14(12,13)10-6-5-8-3-1-2-4-9(8)7-10;1-6-2-4-7(5-3-6)11(8,9)10/h1-6H,(H,11,12,13)(H,14,15,16);1-7H,(H,11,12,13);2-5H,1H3,(H,8,9,10). The quantitative estimate of drug-likeness (QED) is 0.192. The first-order chi connectivity index (χ1) is 19.8. The predicted molar refractivity (Wildman–Crippen MR) is 158 cm³/mol. The van der Waals surface area contributed by atoms with Crippen LogP contribution in [0.1, 0.15) is 5.56 Å². The Bertz CT molecular complexity index is 2160. The lowest BCUT2D eigenvalue weighted by Gasteiger charge is -2.06. The molecule has 16 heteroatoms. The van der Waals surface area contributed by atoms with Crippen LogP contribution in [-0.4, -0.2) is 51.9 Å². The molecule has 0 saturated carbocycles. The van der Waals surface area contributed by atoms with E-state index in [9.17, 15) is 33.7 Å². The average molecular weight is 669 g/mol. The number of aryl methyl sites for hydroxylation is 1. The van der Waals surface area contributed by atoms with Gasteiger partial charge in [-0.05, 0) is 54.1 Å². The third-order valence-electron chi connectivity index (χ3n) is 5.74. The SMILES string of the molecule is Cc1ccc(S(=O)(=O)O)cc1.O=S(=O)(O)c1ccc2ccccc2c1.O=S(=O)(O)c1cccc2c(S(=O)(=O)O)cccc12. The number of fused-ring (bicyclic) bond motifs is 2. The molecule has 0 aliphatic carbocycles. The van der Waals surface area contributed by atoms with Crippen LogP contribution in [0.4, 0.5) is 0 Å². The van der Waals surface area contributed by atoms with E-state index in [1.54, 1.807) is 24.3 Å². The van der Waals surface area contributed by atoms with Gasteiger partial charge in [-0.25, -0.2) is 0 Å². The molecule has 5 aromatic carbocycles. The van der Waals surface area contributed by atoms with Gasteiger partial charge in [-0.15, -0.1) is 0 Å². The highest BCUT2D eigenvalue weighted by Gasteiger charge is 2.19. The Balaban J connectivity index is 0.000000182. The van der Waals surface area contributed by atoms with Gasteiger partial charge in [0.2, 0.25) is 0 Å². The van der Waals surface area contributed by atoms with Crippen molar-refractivity contribution >= 4 is 62.0 Å². The second-order valence-electron chi connectivity index (χ2n) is 8.83. The molecule has 0 aliphatic heterocycles. The highest BCUT2D eigenvalue weighted by atomic mass is 32.2. The summed E-state index contributed by atoms with van der Waals surface area (Å²) in [5.41, 5.74) is 0.956. The van der Waals surface area contributed by atoms with E-state index in [0.29, 0.717) is 0 Å². The molecule has 12 nitrogen and oxygen atoms in total. The summed E-state index contributed by atoms with van der Waals surface area (Å²) in [7, 11) is -17.1. The van der Waals surface area contributed by atoms with Gasteiger partial charge in [0.25, 0.3) is 40.5 Å². The maximum atomic E-state index is 11.2. The first-order valence-electron chi connectivity index (χ1n) is 11.8. The van der Waals surface area contributed by atoms with Gasteiger partial charge in [0.15, 0.2) is 0 Å². The smallest absolute Gasteiger partial charge is 0.282 e.